The number of hydrogen-bond donors (Lipinski definition) is 1. The molecule has 5 heteroatoms. The fourth-order valence-corrected chi connectivity index (χ4v) is 1.22. The quantitative estimate of drug-likeness (QED) is 0.690. The minimum absolute atomic E-state index is 0.206. The highest BCUT2D eigenvalue weighted by atomic mass is 19.4. The van der Waals surface area contributed by atoms with Gasteiger partial charge in [0.25, 0.3) is 0 Å². The molecule has 13 heavy (non-hydrogen) atoms. The Labute approximate surface area is 75.4 Å². The summed E-state index contributed by atoms with van der Waals surface area (Å²) in [4.78, 5) is 0. The zero-order valence-electron chi connectivity index (χ0n) is 7.74. The van der Waals surface area contributed by atoms with Crippen LogP contribution in [-0.4, -0.2) is 31.0 Å². The van der Waals surface area contributed by atoms with Gasteiger partial charge in [-0.05, 0) is 13.8 Å². The van der Waals surface area contributed by atoms with Gasteiger partial charge in [-0.3, -0.25) is 0 Å². The maximum absolute atomic E-state index is 11.9. The largest absolute Gasteiger partial charge is 0.391 e. The monoisotopic (exact) mass is 197 g/mol. The van der Waals surface area contributed by atoms with E-state index in [2.05, 4.69) is 5.32 Å². The second-order valence-corrected chi connectivity index (χ2v) is 4.02. The summed E-state index contributed by atoms with van der Waals surface area (Å²) < 4.78 is 40.9. The van der Waals surface area contributed by atoms with Gasteiger partial charge in [0.1, 0.15) is 0 Å². The van der Waals surface area contributed by atoms with E-state index in [9.17, 15) is 13.2 Å². The molecular formula is C8H14F3NO. The second kappa shape index (κ2) is 3.46. The number of rotatable bonds is 1. The molecule has 0 saturated carbocycles. The molecule has 0 bridgehead atoms. The summed E-state index contributed by atoms with van der Waals surface area (Å²) in [5.74, 6) is 0. The molecule has 1 aliphatic rings. The van der Waals surface area contributed by atoms with Crippen molar-refractivity contribution in [3.05, 3.63) is 0 Å². The maximum atomic E-state index is 11.9. The summed E-state index contributed by atoms with van der Waals surface area (Å²) in [7, 11) is 0. The van der Waals surface area contributed by atoms with Gasteiger partial charge in [0.2, 0.25) is 0 Å². The second-order valence-electron chi connectivity index (χ2n) is 4.02. The SMILES string of the molecule is CC1(C)COC(CC(F)(F)F)CN1. The van der Waals surface area contributed by atoms with Crippen molar-refractivity contribution in [2.45, 2.75) is 38.1 Å². The van der Waals surface area contributed by atoms with E-state index in [0.717, 1.165) is 0 Å². The molecule has 1 atom stereocenters. The Kier molecular flexibility index (Phi) is 2.87. The van der Waals surface area contributed by atoms with Crippen LogP contribution in [0.15, 0.2) is 0 Å². The molecule has 0 aromatic carbocycles. The molecule has 1 rings (SSSR count). The van der Waals surface area contributed by atoms with Gasteiger partial charge in [-0.15, -0.1) is 0 Å². The lowest BCUT2D eigenvalue weighted by molar-refractivity contribution is -0.168. The maximum Gasteiger partial charge on any atom is 0.391 e. The van der Waals surface area contributed by atoms with Gasteiger partial charge in [0.05, 0.1) is 19.1 Å². The van der Waals surface area contributed by atoms with E-state index < -0.39 is 18.7 Å². The first kappa shape index (κ1) is 10.8. The van der Waals surface area contributed by atoms with Crippen LogP contribution in [0.1, 0.15) is 20.3 Å². The predicted molar refractivity (Wildman–Crippen MR) is 42.5 cm³/mol. The molecule has 0 aliphatic carbocycles. The van der Waals surface area contributed by atoms with Crippen molar-refractivity contribution in [3.63, 3.8) is 0 Å². The first-order valence-corrected chi connectivity index (χ1v) is 4.22. The Morgan fingerprint density at radius 1 is 1.46 bits per heavy atom. The molecule has 78 valence electrons. The van der Waals surface area contributed by atoms with E-state index in [1.165, 1.54) is 0 Å². The van der Waals surface area contributed by atoms with Crippen molar-refractivity contribution < 1.29 is 17.9 Å². The molecule has 0 radical (unpaired) electrons. The fourth-order valence-electron chi connectivity index (χ4n) is 1.22. The van der Waals surface area contributed by atoms with Gasteiger partial charge in [-0.25, -0.2) is 0 Å². The van der Waals surface area contributed by atoms with Crippen molar-refractivity contribution in [1.29, 1.82) is 0 Å². The highest BCUT2D eigenvalue weighted by molar-refractivity contribution is 4.84. The Morgan fingerprint density at radius 2 is 2.08 bits per heavy atom. The van der Waals surface area contributed by atoms with Gasteiger partial charge in [-0.2, -0.15) is 13.2 Å². The van der Waals surface area contributed by atoms with E-state index >= 15 is 0 Å². The first-order chi connectivity index (χ1) is 5.79. The van der Waals surface area contributed by atoms with E-state index in [4.69, 9.17) is 4.74 Å². The molecule has 0 aromatic heterocycles. The standard InChI is InChI=1S/C8H14F3NO/c1-7(2)5-13-6(4-12-7)3-8(9,10)11/h6,12H,3-5H2,1-2H3. The van der Waals surface area contributed by atoms with E-state index in [-0.39, 0.29) is 12.1 Å². The van der Waals surface area contributed by atoms with E-state index in [0.29, 0.717) is 6.61 Å². The van der Waals surface area contributed by atoms with Crippen LogP contribution < -0.4 is 5.32 Å². The molecule has 0 aromatic rings. The lowest BCUT2D eigenvalue weighted by Gasteiger charge is -2.36. The van der Waals surface area contributed by atoms with Crippen molar-refractivity contribution >= 4 is 0 Å². The number of alkyl halides is 3. The lowest BCUT2D eigenvalue weighted by Crippen LogP contribution is -2.54. The first-order valence-electron chi connectivity index (χ1n) is 4.22. The smallest absolute Gasteiger partial charge is 0.375 e. The van der Waals surface area contributed by atoms with Crippen LogP contribution in [0.3, 0.4) is 0 Å². The molecule has 1 N–H and O–H groups in total. The third-order valence-corrected chi connectivity index (χ3v) is 1.95. The minimum atomic E-state index is -4.13. The molecule has 2 nitrogen and oxygen atoms in total. The lowest BCUT2D eigenvalue weighted by atomic mass is 10.0. The molecule has 1 fully saturated rings. The number of ether oxygens (including phenoxy) is 1. The summed E-state index contributed by atoms with van der Waals surface area (Å²) in [6.07, 6.45) is -5.72. The van der Waals surface area contributed by atoms with Crippen LogP contribution in [0.2, 0.25) is 0 Å². The summed E-state index contributed by atoms with van der Waals surface area (Å²) in [5.41, 5.74) is -0.206. The van der Waals surface area contributed by atoms with Gasteiger partial charge in [0, 0.05) is 12.1 Å². The summed E-state index contributed by atoms with van der Waals surface area (Å²) in [6, 6.07) is 0. The Bertz CT molecular complexity index is 169. The molecule has 1 unspecified atom stereocenters. The summed E-state index contributed by atoms with van der Waals surface area (Å²) in [5, 5.41) is 3.01. The molecule has 0 spiro atoms. The zero-order chi connectivity index (χ0) is 10.1. The normalized spacial score (nSPS) is 28.8. The Balaban J connectivity index is 2.34. The third kappa shape index (κ3) is 3.95. The van der Waals surface area contributed by atoms with Crippen molar-refractivity contribution in [2.75, 3.05) is 13.2 Å². The average molecular weight is 197 g/mol. The molecule has 1 saturated heterocycles. The summed E-state index contributed by atoms with van der Waals surface area (Å²) >= 11 is 0. The Morgan fingerprint density at radius 3 is 2.46 bits per heavy atom. The van der Waals surface area contributed by atoms with Crippen molar-refractivity contribution in [2.24, 2.45) is 0 Å². The predicted octanol–water partition coefficient (Wildman–Crippen LogP) is 1.71. The molecular weight excluding hydrogens is 183 g/mol. The highest BCUT2D eigenvalue weighted by Crippen LogP contribution is 2.25. The number of hydrogen-bond acceptors (Lipinski definition) is 2. The molecule has 0 amide bonds. The average Bonchev–Trinajstić information content (AvgIpc) is 1.91. The van der Waals surface area contributed by atoms with Crippen molar-refractivity contribution in [1.82, 2.24) is 5.32 Å². The van der Waals surface area contributed by atoms with Gasteiger partial charge < -0.3 is 10.1 Å². The number of morpholine rings is 1. The third-order valence-electron chi connectivity index (χ3n) is 1.95. The van der Waals surface area contributed by atoms with Crippen LogP contribution >= 0.6 is 0 Å². The Hall–Kier alpha value is -0.290. The van der Waals surface area contributed by atoms with E-state index in [1.807, 2.05) is 13.8 Å². The van der Waals surface area contributed by atoms with E-state index in [1.54, 1.807) is 0 Å². The van der Waals surface area contributed by atoms with Crippen LogP contribution in [0, 0.1) is 0 Å². The molecule has 1 heterocycles. The van der Waals surface area contributed by atoms with Crippen LogP contribution in [-0.2, 0) is 4.74 Å². The van der Waals surface area contributed by atoms with Gasteiger partial charge >= 0.3 is 6.18 Å². The summed E-state index contributed by atoms with van der Waals surface area (Å²) in [6.45, 7) is 4.40. The fraction of sp³-hybridized carbons (Fsp3) is 1.00. The van der Waals surface area contributed by atoms with Crippen LogP contribution in [0.4, 0.5) is 13.2 Å². The zero-order valence-corrected chi connectivity index (χ0v) is 7.74. The topological polar surface area (TPSA) is 21.3 Å². The number of halogens is 3. The minimum Gasteiger partial charge on any atom is -0.375 e. The van der Waals surface area contributed by atoms with Gasteiger partial charge in [-0.1, -0.05) is 0 Å². The van der Waals surface area contributed by atoms with Crippen molar-refractivity contribution in [3.8, 4) is 0 Å². The van der Waals surface area contributed by atoms with Gasteiger partial charge in [0.15, 0.2) is 0 Å². The molecule has 1 aliphatic heterocycles. The highest BCUT2D eigenvalue weighted by Gasteiger charge is 2.36. The van der Waals surface area contributed by atoms with Crippen LogP contribution in [0.5, 0.6) is 0 Å². The van der Waals surface area contributed by atoms with Crippen LogP contribution in [0.25, 0.3) is 0 Å². The number of nitrogens with one attached hydrogen (secondary N) is 1.